The average molecular weight is 305 g/mol. The van der Waals surface area contributed by atoms with E-state index < -0.39 is 12.7 Å². The van der Waals surface area contributed by atoms with Crippen LogP contribution in [-0.4, -0.2) is 43.8 Å². The fourth-order valence-electron chi connectivity index (χ4n) is 2.62. The maximum absolute atomic E-state index is 14.1. The highest BCUT2D eigenvalue weighted by Gasteiger charge is 2.32. The first-order chi connectivity index (χ1) is 9.78. The van der Waals surface area contributed by atoms with Crippen LogP contribution >= 0.6 is 0 Å². The molecule has 0 bridgehead atoms. The van der Waals surface area contributed by atoms with Crippen LogP contribution in [0.5, 0.6) is 0 Å². The van der Waals surface area contributed by atoms with Gasteiger partial charge in [-0.05, 0) is 18.6 Å². The number of anilines is 1. The second kappa shape index (κ2) is 6.19. The molecule has 3 nitrogen and oxygen atoms in total. The van der Waals surface area contributed by atoms with E-state index in [4.69, 9.17) is 5.73 Å². The van der Waals surface area contributed by atoms with Crippen molar-refractivity contribution in [2.45, 2.75) is 19.1 Å². The van der Waals surface area contributed by atoms with Crippen LogP contribution in [0.2, 0.25) is 0 Å². The fraction of sp³-hybridized carbons (Fsp3) is 0.571. The maximum Gasteiger partial charge on any atom is 0.401 e. The summed E-state index contributed by atoms with van der Waals surface area (Å²) in [6, 6.07) is 4.37. The summed E-state index contributed by atoms with van der Waals surface area (Å²) in [5.74, 6) is -0.380. The van der Waals surface area contributed by atoms with Gasteiger partial charge in [-0.15, -0.1) is 0 Å². The van der Waals surface area contributed by atoms with Gasteiger partial charge in [0.15, 0.2) is 0 Å². The Morgan fingerprint density at radius 1 is 1.19 bits per heavy atom. The largest absolute Gasteiger partial charge is 0.401 e. The molecule has 1 aliphatic rings. The summed E-state index contributed by atoms with van der Waals surface area (Å²) >= 11 is 0. The van der Waals surface area contributed by atoms with Crippen LogP contribution in [-0.2, 0) is 0 Å². The normalized spacial score (nSPS) is 18.9. The van der Waals surface area contributed by atoms with E-state index in [0.29, 0.717) is 24.3 Å². The molecule has 0 spiro atoms. The minimum Gasteiger partial charge on any atom is -0.366 e. The van der Waals surface area contributed by atoms with Gasteiger partial charge in [0.05, 0.1) is 12.2 Å². The first-order valence-electron chi connectivity index (χ1n) is 6.86. The van der Waals surface area contributed by atoms with Gasteiger partial charge < -0.3 is 10.6 Å². The number of nitrogens with zero attached hydrogens (tertiary/aromatic N) is 2. The summed E-state index contributed by atoms with van der Waals surface area (Å²) in [7, 11) is 0. The molecule has 1 aromatic rings. The number of hydrogen-bond acceptors (Lipinski definition) is 3. The SMILES string of the molecule is C[C@@H](N)c1cccc(F)c1N1CCN(CC(F)(F)F)CC1. The number of para-hydroxylation sites is 1. The third kappa shape index (κ3) is 4.07. The van der Waals surface area contributed by atoms with Gasteiger partial charge >= 0.3 is 6.18 Å². The van der Waals surface area contributed by atoms with E-state index in [1.54, 1.807) is 24.0 Å². The van der Waals surface area contributed by atoms with Crippen molar-refractivity contribution in [3.05, 3.63) is 29.6 Å². The van der Waals surface area contributed by atoms with Crippen molar-refractivity contribution < 1.29 is 17.6 Å². The number of piperazine rings is 1. The molecule has 0 aromatic heterocycles. The molecule has 1 saturated heterocycles. The summed E-state index contributed by atoms with van der Waals surface area (Å²) in [6.45, 7) is 2.07. The van der Waals surface area contributed by atoms with E-state index in [0.717, 1.165) is 0 Å². The van der Waals surface area contributed by atoms with Crippen LogP contribution in [0.4, 0.5) is 23.2 Å². The topological polar surface area (TPSA) is 32.5 Å². The van der Waals surface area contributed by atoms with Crippen molar-refractivity contribution in [2.75, 3.05) is 37.6 Å². The number of hydrogen-bond donors (Lipinski definition) is 1. The quantitative estimate of drug-likeness (QED) is 0.871. The standard InChI is InChI=1S/C14H19F4N3/c1-10(19)11-3-2-4-12(15)13(11)21-7-5-20(6-8-21)9-14(16,17)18/h2-4,10H,5-9,19H2,1H3/t10-/m1/s1. The molecule has 7 heteroatoms. The molecule has 2 rings (SSSR count). The second-order valence-electron chi connectivity index (χ2n) is 5.34. The van der Waals surface area contributed by atoms with Crippen LogP contribution < -0.4 is 10.6 Å². The van der Waals surface area contributed by atoms with Crippen molar-refractivity contribution >= 4 is 5.69 Å². The average Bonchev–Trinajstić information content (AvgIpc) is 2.37. The molecule has 0 saturated carbocycles. The van der Waals surface area contributed by atoms with Gasteiger partial charge in [-0.2, -0.15) is 13.2 Å². The van der Waals surface area contributed by atoms with E-state index in [2.05, 4.69) is 0 Å². The fourth-order valence-corrected chi connectivity index (χ4v) is 2.62. The Hall–Kier alpha value is -1.34. The van der Waals surface area contributed by atoms with Crippen LogP contribution in [0.15, 0.2) is 18.2 Å². The third-order valence-electron chi connectivity index (χ3n) is 3.60. The summed E-state index contributed by atoms with van der Waals surface area (Å²) in [5, 5.41) is 0. The van der Waals surface area contributed by atoms with Gasteiger partial charge in [0.1, 0.15) is 5.82 Å². The van der Waals surface area contributed by atoms with Crippen LogP contribution in [0.3, 0.4) is 0 Å². The summed E-state index contributed by atoms with van der Waals surface area (Å²) in [6.07, 6.45) is -4.20. The Morgan fingerprint density at radius 3 is 2.33 bits per heavy atom. The Morgan fingerprint density at radius 2 is 1.81 bits per heavy atom. The summed E-state index contributed by atoms with van der Waals surface area (Å²) < 4.78 is 51.2. The molecule has 1 atom stereocenters. The van der Waals surface area contributed by atoms with Crippen molar-refractivity contribution in [2.24, 2.45) is 5.73 Å². The van der Waals surface area contributed by atoms with Gasteiger partial charge in [0.25, 0.3) is 0 Å². The molecular weight excluding hydrogens is 286 g/mol. The van der Waals surface area contributed by atoms with E-state index >= 15 is 0 Å². The highest BCUT2D eigenvalue weighted by Crippen LogP contribution is 2.29. The van der Waals surface area contributed by atoms with Crippen molar-refractivity contribution in [1.29, 1.82) is 0 Å². The zero-order chi connectivity index (χ0) is 15.6. The Balaban J connectivity index is 2.09. The Bertz CT molecular complexity index is 480. The number of rotatable bonds is 3. The molecule has 1 aliphatic heterocycles. The lowest BCUT2D eigenvalue weighted by atomic mass is 10.0. The third-order valence-corrected chi connectivity index (χ3v) is 3.60. The van der Waals surface area contributed by atoms with Crippen LogP contribution in [0, 0.1) is 5.82 Å². The summed E-state index contributed by atoms with van der Waals surface area (Å²) in [5.41, 5.74) is 6.94. The van der Waals surface area contributed by atoms with Crippen LogP contribution in [0.1, 0.15) is 18.5 Å². The maximum atomic E-state index is 14.1. The minimum atomic E-state index is -4.20. The lowest BCUT2D eigenvalue weighted by Crippen LogP contribution is -2.49. The molecule has 0 aliphatic carbocycles. The van der Waals surface area contributed by atoms with Crippen LogP contribution in [0.25, 0.3) is 0 Å². The molecule has 118 valence electrons. The van der Waals surface area contributed by atoms with E-state index in [1.807, 2.05) is 0 Å². The molecule has 1 fully saturated rings. The number of benzene rings is 1. The second-order valence-corrected chi connectivity index (χ2v) is 5.34. The monoisotopic (exact) mass is 305 g/mol. The first-order valence-corrected chi connectivity index (χ1v) is 6.86. The van der Waals surface area contributed by atoms with Gasteiger partial charge in [-0.3, -0.25) is 4.90 Å². The van der Waals surface area contributed by atoms with Gasteiger partial charge in [-0.25, -0.2) is 4.39 Å². The smallest absolute Gasteiger partial charge is 0.366 e. The number of alkyl halides is 3. The molecule has 21 heavy (non-hydrogen) atoms. The highest BCUT2D eigenvalue weighted by atomic mass is 19.4. The zero-order valence-electron chi connectivity index (χ0n) is 11.8. The van der Waals surface area contributed by atoms with E-state index in [1.165, 1.54) is 11.0 Å². The van der Waals surface area contributed by atoms with E-state index in [9.17, 15) is 17.6 Å². The molecule has 2 N–H and O–H groups in total. The Kier molecular flexibility index (Phi) is 4.73. The highest BCUT2D eigenvalue weighted by molar-refractivity contribution is 5.56. The van der Waals surface area contributed by atoms with Gasteiger partial charge in [0, 0.05) is 32.2 Å². The molecule has 0 radical (unpaired) electrons. The summed E-state index contributed by atoms with van der Waals surface area (Å²) in [4.78, 5) is 3.11. The Labute approximate surface area is 121 Å². The number of halogens is 4. The van der Waals surface area contributed by atoms with Crippen molar-refractivity contribution in [3.8, 4) is 0 Å². The number of nitrogens with two attached hydrogens (primary N) is 1. The predicted octanol–water partition coefficient (Wildman–Crippen LogP) is 2.53. The lowest BCUT2D eigenvalue weighted by molar-refractivity contribution is -0.146. The molecule has 1 heterocycles. The molecule has 0 amide bonds. The van der Waals surface area contributed by atoms with Gasteiger partial charge in [-0.1, -0.05) is 12.1 Å². The van der Waals surface area contributed by atoms with Gasteiger partial charge in [0.2, 0.25) is 0 Å². The van der Waals surface area contributed by atoms with Crippen molar-refractivity contribution in [3.63, 3.8) is 0 Å². The van der Waals surface area contributed by atoms with Crippen molar-refractivity contribution in [1.82, 2.24) is 4.90 Å². The molecule has 1 aromatic carbocycles. The minimum absolute atomic E-state index is 0.256. The lowest BCUT2D eigenvalue weighted by Gasteiger charge is -2.37. The predicted molar refractivity (Wildman–Crippen MR) is 73.7 cm³/mol. The molecular formula is C14H19F4N3. The zero-order valence-corrected chi connectivity index (χ0v) is 11.8. The first kappa shape index (κ1) is 16.0. The molecule has 0 unspecified atom stereocenters. The van der Waals surface area contributed by atoms with E-state index in [-0.39, 0.29) is 24.9 Å².